The molecule has 1 aliphatic carbocycles. The monoisotopic (exact) mass is 350 g/mol. The Morgan fingerprint density at radius 2 is 2.14 bits per heavy atom. The molecular formula is C18H27BrN2. The fraction of sp³-hybridized carbons (Fsp3) is 0.667. The molecule has 21 heavy (non-hydrogen) atoms. The molecule has 0 N–H and O–H groups in total. The lowest BCUT2D eigenvalue weighted by atomic mass is 9.92. The number of benzene rings is 1. The second-order valence-electron chi connectivity index (χ2n) is 6.81. The van der Waals surface area contributed by atoms with E-state index in [4.69, 9.17) is 0 Å². The molecule has 1 aliphatic heterocycles. The highest BCUT2D eigenvalue weighted by Gasteiger charge is 2.22. The molecular weight excluding hydrogens is 324 g/mol. The molecule has 116 valence electrons. The third kappa shape index (κ3) is 3.69. The molecule has 1 heterocycles. The first-order chi connectivity index (χ1) is 10.1. The highest BCUT2D eigenvalue weighted by Crippen LogP contribution is 2.27. The van der Waals surface area contributed by atoms with Gasteiger partial charge < -0.3 is 4.90 Å². The molecule has 0 unspecified atom stereocenters. The van der Waals surface area contributed by atoms with Gasteiger partial charge in [-0.2, -0.15) is 0 Å². The molecule has 0 atom stereocenters. The van der Waals surface area contributed by atoms with Crippen LogP contribution in [0.15, 0.2) is 16.6 Å². The molecule has 0 bridgehead atoms. The van der Waals surface area contributed by atoms with Gasteiger partial charge in [-0.05, 0) is 81.6 Å². The van der Waals surface area contributed by atoms with Crippen molar-refractivity contribution >= 4 is 15.9 Å². The summed E-state index contributed by atoms with van der Waals surface area (Å²) in [6, 6.07) is 5.45. The number of rotatable bonds is 5. The van der Waals surface area contributed by atoms with Gasteiger partial charge in [0.15, 0.2) is 0 Å². The molecule has 0 aromatic heterocycles. The van der Waals surface area contributed by atoms with Crippen LogP contribution in [-0.4, -0.2) is 42.5 Å². The number of aryl methyl sites for hydroxylation is 1. The van der Waals surface area contributed by atoms with Gasteiger partial charge in [0.25, 0.3) is 0 Å². The van der Waals surface area contributed by atoms with E-state index in [1.54, 1.807) is 11.1 Å². The fourth-order valence-corrected chi connectivity index (χ4v) is 4.24. The van der Waals surface area contributed by atoms with E-state index < -0.39 is 0 Å². The van der Waals surface area contributed by atoms with Crippen molar-refractivity contribution in [2.75, 3.05) is 26.7 Å². The van der Waals surface area contributed by atoms with Crippen LogP contribution in [0.25, 0.3) is 0 Å². The topological polar surface area (TPSA) is 6.48 Å². The number of hydrogen-bond acceptors (Lipinski definition) is 2. The molecule has 1 aromatic carbocycles. The molecule has 0 radical (unpaired) electrons. The van der Waals surface area contributed by atoms with Gasteiger partial charge in [-0.1, -0.05) is 22.4 Å². The maximum Gasteiger partial charge on any atom is 0.0239 e. The van der Waals surface area contributed by atoms with Gasteiger partial charge in [0.2, 0.25) is 0 Å². The highest BCUT2D eigenvalue weighted by molar-refractivity contribution is 9.10. The Labute approximate surface area is 137 Å². The first-order valence-corrected chi connectivity index (χ1v) is 9.13. The maximum atomic E-state index is 3.62. The van der Waals surface area contributed by atoms with Crippen molar-refractivity contribution in [3.05, 3.63) is 33.3 Å². The van der Waals surface area contributed by atoms with Gasteiger partial charge in [0, 0.05) is 23.6 Å². The van der Waals surface area contributed by atoms with Gasteiger partial charge in [-0.15, -0.1) is 0 Å². The minimum absolute atomic E-state index is 0.881. The lowest BCUT2D eigenvalue weighted by Gasteiger charge is -2.35. The summed E-state index contributed by atoms with van der Waals surface area (Å²) in [6.45, 7) is 7.11. The van der Waals surface area contributed by atoms with Crippen LogP contribution in [0, 0.1) is 6.92 Å². The van der Waals surface area contributed by atoms with Gasteiger partial charge in [-0.25, -0.2) is 0 Å². The quantitative estimate of drug-likeness (QED) is 0.792. The van der Waals surface area contributed by atoms with Crippen LogP contribution in [0.1, 0.15) is 42.4 Å². The van der Waals surface area contributed by atoms with Crippen molar-refractivity contribution in [2.45, 2.75) is 51.6 Å². The van der Waals surface area contributed by atoms with Gasteiger partial charge in [0.1, 0.15) is 0 Å². The predicted octanol–water partition coefficient (Wildman–Crippen LogP) is 3.99. The van der Waals surface area contributed by atoms with E-state index in [2.05, 4.69) is 51.8 Å². The molecule has 1 fully saturated rings. The van der Waals surface area contributed by atoms with Crippen molar-refractivity contribution < 1.29 is 0 Å². The smallest absolute Gasteiger partial charge is 0.0239 e. The lowest BCUT2D eigenvalue weighted by Crippen LogP contribution is -2.39. The SMILES string of the molecule is Cc1cc(Br)cc2c1CN(CCCN(C)C1CCC1)CC2. The van der Waals surface area contributed by atoms with Crippen LogP contribution in [0.4, 0.5) is 0 Å². The standard InChI is InChI=1S/C18H27BrN2/c1-14-11-16(19)12-15-7-10-21(13-18(14)15)9-4-8-20(2)17-5-3-6-17/h11-12,17H,3-10,13H2,1-2H3. The zero-order valence-electron chi connectivity index (χ0n) is 13.4. The van der Waals surface area contributed by atoms with E-state index in [9.17, 15) is 0 Å². The Hall–Kier alpha value is -0.380. The van der Waals surface area contributed by atoms with Crippen LogP contribution in [0.5, 0.6) is 0 Å². The van der Waals surface area contributed by atoms with Crippen molar-refractivity contribution in [1.29, 1.82) is 0 Å². The van der Waals surface area contributed by atoms with E-state index in [1.807, 2.05) is 0 Å². The molecule has 0 saturated heterocycles. The van der Waals surface area contributed by atoms with E-state index in [1.165, 1.54) is 61.8 Å². The Bertz CT molecular complexity index is 496. The van der Waals surface area contributed by atoms with E-state index in [-0.39, 0.29) is 0 Å². The van der Waals surface area contributed by atoms with Crippen LogP contribution in [-0.2, 0) is 13.0 Å². The average molecular weight is 351 g/mol. The molecule has 3 heteroatoms. The number of halogens is 1. The first-order valence-electron chi connectivity index (χ1n) is 8.34. The Morgan fingerprint density at radius 3 is 2.86 bits per heavy atom. The van der Waals surface area contributed by atoms with Crippen molar-refractivity contribution in [3.8, 4) is 0 Å². The zero-order chi connectivity index (χ0) is 14.8. The third-order valence-corrected chi connectivity index (χ3v) is 5.75. The van der Waals surface area contributed by atoms with Crippen molar-refractivity contribution in [1.82, 2.24) is 9.80 Å². The fourth-order valence-electron chi connectivity index (χ4n) is 3.62. The molecule has 1 saturated carbocycles. The second-order valence-corrected chi connectivity index (χ2v) is 7.72. The summed E-state index contributed by atoms with van der Waals surface area (Å²) in [7, 11) is 2.30. The van der Waals surface area contributed by atoms with Crippen LogP contribution in [0.3, 0.4) is 0 Å². The van der Waals surface area contributed by atoms with Crippen LogP contribution >= 0.6 is 15.9 Å². The first kappa shape index (κ1) is 15.5. The number of fused-ring (bicyclic) bond motifs is 1. The van der Waals surface area contributed by atoms with Crippen LogP contribution in [0.2, 0.25) is 0 Å². The Morgan fingerprint density at radius 1 is 1.33 bits per heavy atom. The maximum absolute atomic E-state index is 3.62. The summed E-state index contributed by atoms with van der Waals surface area (Å²) in [4.78, 5) is 5.21. The minimum atomic E-state index is 0.881. The molecule has 2 aliphatic rings. The Balaban J connectivity index is 1.49. The highest BCUT2D eigenvalue weighted by atomic mass is 79.9. The average Bonchev–Trinajstić information content (AvgIpc) is 2.37. The summed E-state index contributed by atoms with van der Waals surface area (Å²) in [5.41, 5.74) is 4.55. The van der Waals surface area contributed by atoms with Gasteiger partial charge in [0.05, 0.1) is 0 Å². The van der Waals surface area contributed by atoms with Crippen molar-refractivity contribution in [3.63, 3.8) is 0 Å². The summed E-state index contributed by atoms with van der Waals surface area (Å²) in [6.07, 6.45) is 6.78. The van der Waals surface area contributed by atoms with E-state index >= 15 is 0 Å². The normalized spacial score (nSPS) is 19.6. The molecule has 1 aromatic rings. The molecule has 3 rings (SSSR count). The largest absolute Gasteiger partial charge is 0.303 e. The van der Waals surface area contributed by atoms with Crippen molar-refractivity contribution in [2.24, 2.45) is 0 Å². The Kier molecular flexibility index (Phi) is 5.03. The second kappa shape index (κ2) is 6.80. The van der Waals surface area contributed by atoms with Gasteiger partial charge in [-0.3, -0.25) is 4.90 Å². The minimum Gasteiger partial charge on any atom is -0.303 e. The number of hydrogen-bond donors (Lipinski definition) is 0. The summed E-state index contributed by atoms with van der Waals surface area (Å²) in [5, 5.41) is 0. The molecule has 2 nitrogen and oxygen atoms in total. The predicted molar refractivity (Wildman–Crippen MR) is 92.7 cm³/mol. The zero-order valence-corrected chi connectivity index (χ0v) is 15.0. The third-order valence-electron chi connectivity index (χ3n) is 5.29. The summed E-state index contributed by atoms with van der Waals surface area (Å²) >= 11 is 3.62. The van der Waals surface area contributed by atoms with Gasteiger partial charge >= 0.3 is 0 Å². The van der Waals surface area contributed by atoms with E-state index in [0.29, 0.717) is 0 Å². The molecule has 0 amide bonds. The number of nitrogens with zero attached hydrogens (tertiary/aromatic N) is 2. The lowest BCUT2D eigenvalue weighted by molar-refractivity contribution is 0.147. The summed E-state index contributed by atoms with van der Waals surface area (Å²) in [5.74, 6) is 0. The van der Waals surface area contributed by atoms with Crippen LogP contribution < -0.4 is 0 Å². The summed E-state index contributed by atoms with van der Waals surface area (Å²) < 4.78 is 1.23. The molecule has 0 spiro atoms. The van der Waals surface area contributed by atoms with E-state index in [0.717, 1.165) is 12.6 Å².